The predicted octanol–water partition coefficient (Wildman–Crippen LogP) is 6.40. The summed E-state index contributed by atoms with van der Waals surface area (Å²) in [7, 11) is 0. The second-order valence-electron chi connectivity index (χ2n) is 9.06. The Morgan fingerprint density at radius 1 is 1.09 bits per heavy atom. The molecule has 0 unspecified atom stereocenters. The monoisotopic (exact) mass is 479 g/mol. The molecule has 4 heterocycles. The van der Waals surface area contributed by atoms with Crippen molar-refractivity contribution in [3.63, 3.8) is 0 Å². The maximum atomic E-state index is 12.3. The largest absolute Gasteiger partial charge is 0.328 e. The average molecular weight is 480 g/mol. The summed E-state index contributed by atoms with van der Waals surface area (Å²) in [6.07, 6.45) is 11.7. The van der Waals surface area contributed by atoms with E-state index in [1.807, 2.05) is 29.8 Å². The molecule has 0 aliphatic heterocycles. The van der Waals surface area contributed by atoms with Crippen molar-refractivity contribution in [1.82, 2.24) is 19.5 Å². The number of nitrogens with one attached hydrogen (secondary N) is 1. The van der Waals surface area contributed by atoms with Crippen LogP contribution in [0.3, 0.4) is 0 Å². The molecule has 4 aromatic heterocycles. The van der Waals surface area contributed by atoms with Crippen molar-refractivity contribution in [1.29, 1.82) is 0 Å². The highest BCUT2D eigenvalue weighted by atomic mass is 32.1. The van der Waals surface area contributed by atoms with E-state index in [4.69, 9.17) is 4.98 Å². The molecule has 1 amide bonds. The van der Waals surface area contributed by atoms with Crippen molar-refractivity contribution < 1.29 is 4.79 Å². The van der Waals surface area contributed by atoms with Crippen molar-refractivity contribution in [3.05, 3.63) is 84.3 Å². The number of pyridine rings is 1. The molecule has 1 aliphatic carbocycles. The van der Waals surface area contributed by atoms with E-state index >= 15 is 0 Å². The molecule has 1 N–H and O–H groups in total. The second-order valence-corrected chi connectivity index (χ2v) is 9.97. The Morgan fingerprint density at radius 3 is 2.77 bits per heavy atom. The fourth-order valence-corrected chi connectivity index (χ4v) is 5.34. The van der Waals surface area contributed by atoms with E-state index in [-0.39, 0.29) is 5.91 Å². The zero-order valence-electron chi connectivity index (χ0n) is 19.2. The third-order valence-electron chi connectivity index (χ3n) is 6.60. The van der Waals surface area contributed by atoms with Gasteiger partial charge < -0.3 is 9.88 Å². The number of aromatic nitrogens is 4. The Balaban J connectivity index is 1.25. The third kappa shape index (κ3) is 4.59. The number of carbonyl (C=O) groups is 1. The van der Waals surface area contributed by atoms with E-state index < -0.39 is 0 Å². The molecule has 7 heteroatoms. The first-order valence-corrected chi connectivity index (χ1v) is 12.8. The topological polar surface area (TPSA) is 72.7 Å². The molecule has 5 aromatic rings. The van der Waals surface area contributed by atoms with Crippen LogP contribution in [-0.4, -0.2) is 25.4 Å². The van der Waals surface area contributed by atoms with Crippen molar-refractivity contribution in [2.24, 2.45) is 5.92 Å². The van der Waals surface area contributed by atoms with Crippen LogP contribution < -0.4 is 5.32 Å². The number of rotatable bonds is 7. The first-order valence-electron chi connectivity index (χ1n) is 11.9. The van der Waals surface area contributed by atoms with Crippen LogP contribution in [0.4, 0.5) is 5.69 Å². The van der Waals surface area contributed by atoms with Crippen molar-refractivity contribution in [2.45, 2.75) is 32.2 Å². The zero-order chi connectivity index (χ0) is 23.6. The van der Waals surface area contributed by atoms with Gasteiger partial charge in [0.05, 0.1) is 34.3 Å². The number of fused-ring (bicyclic) bond motifs is 1. The van der Waals surface area contributed by atoms with E-state index in [0.717, 1.165) is 45.1 Å². The number of hydrogen-bond acceptors (Lipinski definition) is 5. The summed E-state index contributed by atoms with van der Waals surface area (Å²) in [4.78, 5) is 27.3. The molecule has 174 valence electrons. The Labute approximate surface area is 207 Å². The smallest absolute Gasteiger partial charge is 0.224 e. The number of carbonyl (C=O) groups excluding carboxylic acids is 1. The van der Waals surface area contributed by atoms with E-state index in [1.54, 1.807) is 23.7 Å². The molecule has 1 aromatic carbocycles. The lowest BCUT2D eigenvalue weighted by atomic mass is 9.83. The van der Waals surface area contributed by atoms with Gasteiger partial charge in [0.25, 0.3) is 0 Å². The standard InChI is InChI=1S/C28H25N5OS/c34-27(13-19-7-4-8-19)31-21-14-26(35-18-21)25-16-29-15-24(32-25)22-9-11-30-28-23(22)10-12-33(28)17-20-5-2-1-3-6-20/h1-3,5-6,9-12,14-16,18-19H,4,7-8,13,17H2,(H,31,34). The van der Waals surface area contributed by atoms with Crippen LogP contribution in [0.2, 0.25) is 0 Å². The number of hydrogen-bond donors (Lipinski definition) is 1. The summed E-state index contributed by atoms with van der Waals surface area (Å²) in [5.41, 5.74) is 5.57. The number of anilines is 1. The molecule has 6 rings (SSSR count). The summed E-state index contributed by atoms with van der Waals surface area (Å²) < 4.78 is 2.16. The van der Waals surface area contributed by atoms with Gasteiger partial charge in [0, 0.05) is 41.7 Å². The molecule has 6 nitrogen and oxygen atoms in total. The highest BCUT2D eigenvalue weighted by molar-refractivity contribution is 7.14. The molecule has 0 radical (unpaired) electrons. The minimum atomic E-state index is 0.0954. The molecule has 0 atom stereocenters. The maximum absolute atomic E-state index is 12.3. The van der Waals surface area contributed by atoms with E-state index in [9.17, 15) is 4.79 Å². The van der Waals surface area contributed by atoms with Crippen molar-refractivity contribution in [2.75, 3.05) is 5.32 Å². The zero-order valence-corrected chi connectivity index (χ0v) is 20.0. The van der Waals surface area contributed by atoms with E-state index in [1.165, 1.54) is 24.8 Å². The molecule has 35 heavy (non-hydrogen) atoms. The van der Waals surface area contributed by atoms with Crippen LogP contribution in [0.1, 0.15) is 31.2 Å². The molecule has 0 spiro atoms. The molecule has 0 bridgehead atoms. The molecule has 1 aliphatic rings. The lowest BCUT2D eigenvalue weighted by Gasteiger charge is -2.24. The summed E-state index contributed by atoms with van der Waals surface area (Å²) in [5, 5.41) is 6.05. The van der Waals surface area contributed by atoms with Gasteiger partial charge in [-0.25, -0.2) is 9.97 Å². The van der Waals surface area contributed by atoms with Gasteiger partial charge in [0.1, 0.15) is 5.65 Å². The molecular formula is C28H25N5OS. The van der Waals surface area contributed by atoms with Gasteiger partial charge in [0.2, 0.25) is 5.91 Å². The van der Waals surface area contributed by atoms with Crippen LogP contribution in [0.25, 0.3) is 32.9 Å². The fourth-order valence-electron chi connectivity index (χ4n) is 4.54. The maximum Gasteiger partial charge on any atom is 0.224 e. The predicted molar refractivity (Wildman–Crippen MR) is 140 cm³/mol. The quantitative estimate of drug-likeness (QED) is 0.293. The molecule has 0 saturated heterocycles. The highest BCUT2D eigenvalue weighted by Crippen LogP contribution is 2.33. The first kappa shape index (κ1) is 21.7. The normalized spacial score (nSPS) is 13.6. The van der Waals surface area contributed by atoms with E-state index in [0.29, 0.717) is 12.3 Å². The summed E-state index contributed by atoms with van der Waals surface area (Å²) >= 11 is 1.56. The summed E-state index contributed by atoms with van der Waals surface area (Å²) in [6.45, 7) is 0.761. The lowest BCUT2D eigenvalue weighted by Crippen LogP contribution is -2.20. The summed E-state index contributed by atoms with van der Waals surface area (Å²) in [6, 6.07) is 16.4. The van der Waals surface area contributed by atoms with Gasteiger partial charge in [-0.05, 0) is 42.5 Å². The highest BCUT2D eigenvalue weighted by Gasteiger charge is 2.21. The first-order chi connectivity index (χ1) is 17.2. The van der Waals surface area contributed by atoms with Crippen molar-refractivity contribution in [3.8, 4) is 21.8 Å². The number of nitrogens with zero attached hydrogens (tertiary/aromatic N) is 4. The Morgan fingerprint density at radius 2 is 1.94 bits per heavy atom. The van der Waals surface area contributed by atoms with Gasteiger partial charge in [-0.15, -0.1) is 11.3 Å². The van der Waals surface area contributed by atoms with Gasteiger partial charge in [-0.3, -0.25) is 9.78 Å². The van der Waals surface area contributed by atoms with Gasteiger partial charge in [-0.1, -0.05) is 36.8 Å². The van der Waals surface area contributed by atoms with E-state index in [2.05, 4.69) is 56.4 Å². The molecule has 1 saturated carbocycles. The minimum absolute atomic E-state index is 0.0954. The third-order valence-corrected chi connectivity index (χ3v) is 7.56. The summed E-state index contributed by atoms with van der Waals surface area (Å²) in [5.74, 6) is 0.647. The number of amides is 1. The van der Waals surface area contributed by atoms with Crippen molar-refractivity contribution >= 4 is 34.0 Å². The van der Waals surface area contributed by atoms with Crippen LogP contribution in [0.5, 0.6) is 0 Å². The van der Waals surface area contributed by atoms with Gasteiger partial charge in [-0.2, -0.15) is 0 Å². The Hall–Kier alpha value is -3.84. The fraction of sp³-hybridized carbons (Fsp3) is 0.214. The van der Waals surface area contributed by atoms with Gasteiger partial charge >= 0.3 is 0 Å². The van der Waals surface area contributed by atoms with Crippen LogP contribution in [-0.2, 0) is 11.3 Å². The second kappa shape index (κ2) is 9.43. The average Bonchev–Trinajstić information content (AvgIpc) is 3.50. The number of thiophene rings is 1. The Bertz CT molecular complexity index is 1490. The lowest BCUT2D eigenvalue weighted by molar-refractivity contribution is -0.117. The van der Waals surface area contributed by atoms with Crippen LogP contribution >= 0.6 is 11.3 Å². The Kier molecular flexibility index (Phi) is 5.84. The number of benzene rings is 1. The SMILES string of the molecule is O=C(CC1CCC1)Nc1csc(-c2cncc(-c3ccnc4c3ccn4Cc3ccccc3)n2)c1. The molecular weight excluding hydrogens is 454 g/mol. The molecule has 1 fully saturated rings. The van der Waals surface area contributed by atoms with Gasteiger partial charge in [0.15, 0.2) is 0 Å². The minimum Gasteiger partial charge on any atom is -0.328 e. The van der Waals surface area contributed by atoms with Crippen LogP contribution in [0, 0.1) is 5.92 Å². The van der Waals surface area contributed by atoms with Crippen LogP contribution in [0.15, 0.2) is 78.7 Å².